The Balaban J connectivity index is 1.31. The summed E-state index contributed by atoms with van der Waals surface area (Å²) in [7, 11) is 0. The van der Waals surface area contributed by atoms with Gasteiger partial charge in [-0.25, -0.2) is 15.0 Å². The zero-order chi connectivity index (χ0) is 26.2. The molecule has 3 N–H and O–H groups in total. The first-order valence-electron chi connectivity index (χ1n) is 13.2. The Morgan fingerprint density at radius 2 is 1.76 bits per heavy atom. The highest BCUT2D eigenvalue weighted by Gasteiger charge is 2.18. The highest BCUT2D eigenvalue weighted by molar-refractivity contribution is 6.08. The average Bonchev–Trinajstić information content (AvgIpc) is 2.98. The molecule has 1 saturated heterocycles. The number of carbonyl (C=O) groups excluding carboxylic acids is 1. The van der Waals surface area contributed by atoms with Crippen LogP contribution < -0.4 is 20.9 Å². The summed E-state index contributed by atoms with van der Waals surface area (Å²) in [6.45, 7) is 4.01. The quantitative estimate of drug-likeness (QED) is 0.375. The lowest BCUT2D eigenvalue weighted by atomic mass is 9.89. The van der Waals surface area contributed by atoms with Crippen LogP contribution in [-0.2, 0) is 4.74 Å². The van der Waals surface area contributed by atoms with Gasteiger partial charge in [-0.2, -0.15) is 0 Å². The maximum atomic E-state index is 13.3. The predicted molar refractivity (Wildman–Crippen MR) is 150 cm³/mol. The number of morpholine rings is 1. The Morgan fingerprint density at radius 1 is 1.00 bits per heavy atom. The fourth-order valence-corrected chi connectivity index (χ4v) is 4.87. The third-order valence-corrected chi connectivity index (χ3v) is 7.01. The van der Waals surface area contributed by atoms with Crippen LogP contribution in [0.4, 0.5) is 28.7 Å². The molecule has 1 aliphatic heterocycles. The van der Waals surface area contributed by atoms with Crippen LogP contribution in [0.25, 0.3) is 0 Å². The van der Waals surface area contributed by atoms with Crippen LogP contribution in [0.3, 0.4) is 0 Å². The van der Waals surface area contributed by atoms with Crippen molar-refractivity contribution >= 4 is 34.6 Å². The molecule has 5 rings (SSSR count). The average molecular weight is 512 g/mol. The molecule has 0 bridgehead atoms. The van der Waals surface area contributed by atoms with E-state index in [4.69, 9.17) is 11.2 Å². The summed E-state index contributed by atoms with van der Waals surface area (Å²) >= 11 is 0. The van der Waals surface area contributed by atoms with Gasteiger partial charge in [0.25, 0.3) is 5.91 Å². The molecule has 0 unspecified atom stereocenters. The van der Waals surface area contributed by atoms with E-state index in [-0.39, 0.29) is 5.91 Å². The van der Waals surface area contributed by atoms with E-state index in [2.05, 4.69) is 41.7 Å². The number of hydrogen-bond acceptors (Lipinski definition) is 8. The van der Waals surface area contributed by atoms with Crippen molar-refractivity contribution in [3.05, 3.63) is 60.2 Å². The van der Waals surface area contributed by atoms with Crippen LogP contribution in [0.15, 0.2) is 48.9 Å². The maximum absolute atomic E-state index is 13.3. The second-order valence-corrected chi connectivity index (χ2v) is 9.66. The zero-order valence-corrected chi connectivity index (χ0v) is 21.4. The molecule has 196 valence electrons. The summed E-state index contributed by atoms with van der Waals surface area (Å²) in [6, 6.07) is 9.76. The highest BCUT2D eigenvalue weighted by Crippen LogP contribution is 2.27. The number of anilines is 5. The normalized spacial score (nSPS) is 15.9. The Labute approximate surface area is 223 Å². The molecular formula is C29H33N7O2. The van der Waals surface area contributed by atoms with Gasteiger partial charge in [0.1, 0.15) is 17.3 Å². The van der Waals surface area contributed by atoms with Gasteiger partial charge in [0.15, 0.2) is 0 Å². The Morgan fingerprint density at radius 3 is 2.47 bits per heavy atom. The number of rotatable bonds is 8. The van der Waals surface area contributed by atoms with Crippen molar-refractivity contribution in [3.8, 4) is 12.3 Å². The number of nitrogens with zero attached hydrogens (tertiary/aromatic N) is 4. The van der Waals surface area contributed by atoms with Gasteiger partial charge in [0.05, 0.1) is 36.9 Å². The molecule has 1 saturated carbocycles. The molecule has 3 aromatic rings. The van der Waals surface area contributed by atoms with Crippen molar-refractivity contribution in [3.63, 3.8) is 0 Å². The fourth-order valence-electron chi connectivity index (χ4n) is 4.87. The lowest BCUT2D eigenvalue weighted by Gasteiger charge is -2.28. The summed E-state index contributed by atoms with van der Waals surface area (Å²) in [6.07, 6.45) is 16.3. The van der Waals surface area contributed by atoms with E-state index >= 15 is 0 Å². The predicted octanol–water partition coefficient (Wildman–Crippen LogP) is 4.68. The molecular weight excluding hydrogens is 478 g/mol. The van der Waals surface area contributed by atoms with E-state index < -0.39 is 0 Å². The summed E-state index contributed by atoms with van der Waals surface area (Å²) in [5.41, 5.74) is 3.53. The molecule has 9 heteroatoms. The molecule has 1 aromatic carbocycles. The minimum atomic E-state index is -0.215. The van der Waals surface area contributed by atoms with Gasteiger partial charge in [-0.05, 0) is 48.9 Å². The molecule has 0 atom stereocenters. The monoisotopic (exact) mass is 511 g/mol. The smallest absolute Gasteiger partial charge is 0.259 e. The lowest BCUT2D eigenvalue weighted by Crippen LogP contribution is -2.36. The summed E-state index contributed by atoms with van der Waals surface area (Å²) in [5, 5.41) is 9.70. The second-order valence-electron chi connectivity index (χ2n) is 9.66. The topological polar surface area (TPSA) is 104 Å². The highest BCUT2D eigenvalue weighted by atomic mass is 16.5. The van der Waals surface area contributed by atoms with Gasteiger partial charge in [-0.3, -0.25) is 4.79 Å². The van der Waals surface area contributed by atoms with Crippen LogP contribution in [-0.4, -0.2) is 53.7 Å². The number of nitrogens with one attached hydrogen (secondary N) is 3. The largest absolute Gasteiger partial charge is 0.384 e. The van der Waals surface area contributed by atoms with Crippen molar-refractivity contribution in [1.29, 1.82) is 0 Å². The first-order chi connectivity index (χ1) is 18.7. The SMILES string of the molecule is C#Cc1cnc(Nc2cc(NCC3CCCCC3)c(C(=O)Nc3ccc(N4CCOCC4)cc3)cn2)cn1. The minimum Gasteiger partial charge on any atom is -0.384 e. The van der Waals surface area contributed by atoms with Gasteiger partial charge < -0.3 is 25.6 Å². The van der Waals surface area contributed by atoms with E-state index in [0.29, 0.717) is 28.8 Å². The Kier molecular flexibility index (Phi) is 8.31. The molecule has 9 nitrogen and oxygen atoms in total. The Bertz CT molecular complexity index is 1260. The van der Waals surface area contributed by atoms with E-state index in [9.17, 15) is 4.79 Å². The summed E-state index contributed by atoms with van der Waals surface area (Å²) < 4.78 is 5.44. The van der Waals surface area contributed by atoms with Gasteiger partial charge in [-0.15, -0.1) is 6.42 Å². The Hall–Kier alpha value is -4.16. The van der Waals surface area contributed by atoms with Crippen LogP contribution in [0.2, 0.25) is 0 Å². The first-order valence-corrected chi connectivity index (χ1v) is 13.2. The van der Waals surface area contributed by atoms with Crippen molar-refractivity contribution < 1.29 is 9.53 Å². The molecule has 0 radical (unpaired) electrons. The van der Waals surface area contributed by atoms with E-state index in [1.165, 1.54) is 38.3 Å². The molecule has 0 spiro atoms. The lowest BCUT2D eigenvalue weighted by molar-refractivity contribution is 0.102. The standard InChI is InChI=1S/C29H33N7O2/c1-2-22-18-32-28(20-30-22)35-27-16-26(31-17-21-6-4-3-5-7-21)25(19-33-27)29(37)34-23-8-10-24(11-9-23)36-12-14-38-15-13-36/h1,8-11,16,18-21H,3-7,12-15,17H2,(H,34,37)(H2,31,32,33,35). The maximum Gasteiger partial charge on any atom is 0.259 e. The van der Waals surface area contributed by atoms with Crippen LogP contribution in [0, 0.1) is 18.3 Å². The third-order valence-electron chi connectivity index (χ3n) is 7.01. The molecule has 1 amide bonds. The number of benzene rings is 1. The number of terminal acetylenes is 1. The number of pyridine rings is 1. The van der Waals surface area contributed by atoms with Crippen LogP contribution in [0.1, 0.15) is 48.2 Å². The molecule has 2 aliphatic rings. The molecule has 38 heavy (non-hydrogen) atoms. The van der Waals surface area contributed by atoms with Crippen molar-refractivity contribution in [2.45, 2.75) is 32.1 Å². The molecule has 3 heterocycles. The number of carbonyl (C=O) groups is 1. The number of aromatic nitrogens is 3. The van der Waals surface area contributed by atoms with Crippen LogP contribution >= 0.6 is 0 Å². The van der Waals surface area contributed by atoms with Crippen molar-refractivity contribution in [1.82, 2.24) is 15.0 Å². The first kappa shape index (κ1) is 25.5. The molecule has 1 aliphatic carbocycles. The van der Waals surface area contributed by atoms with Crippen LogP contribution in [0.5, 0.6) is 0 Å². The van der Waals surface area contributed by atoms with E-state index in [1.54, 1.807) is 12.4 Å². The van der Waals surface area contributed by atoms with E-state index in [1.807, 2.05) is 30.3 Å². The summed E-state index contributed by atoms with van der Waals surface area (Å²) in [5.74, 6) is 3.92. The van der Waals surface area contributed by atoms with Crippen molar-refractivity contribution in [2.75, 3.05) is 53.7 Å². The van der Waals surface area contributed by atoms with Gasteiger partial charge >= 0.3 is 0 Å². The molecule has 2 fully saturated rings. The van der Waals surface area contributed by atoms with Gasteiger partial charge in [-0.1, -0.05) is 19.3 Å². The number of hydrogen-bond donors (Lipinski definition) is 3. The minimum absolute atomic E-state index is 0.215. The van der Waals surface area contributed by atoms with Gasteiger partial charge in [0, 0.05) is 43.3 Å². The molecule has 2 aromatic heterocycles. The van der Waals surface area contributed by atoms with Crippen molar-refractivity contribution in [2.24, 2.45) is 5.92 Å². The second kappa shape index (κ2) is 12.4. The zero-order valence-electron chi connectivity index (χ0n) is 21.4. The fraction of sp³-hybridized carbons (Fsp3) is 0.379. The van der Waals surface area contributed by atoms with E-state index in [0.717, 1.165) is 49.9 Å². The number of ether oxygens (including phenoxy) is 1. The summed E-state index contributed by atoms with van der Waals surface area (Å²) in [4.78, 5) is 28.5. The third kappa shape index (κ3) is 6.58. The van der Waals surface area contributed by atoms with Gasteiger partial charge in [0.2, 0.25) is 0 Å². The number of amides is 1.